The summed E-state index contributed by atoms with van der Waals surface area (Å²) in [5.41, 5.74) is 0.837. The van der Waals surface area contributed by atoms with Crippen LogP contribution >= 0.6 is 27.3 Å². The van der Waals surface area contributed by atoms with Crippen molar-refractivity contribution in [2.24, 2.45) is 0 Å². The third kappa shape index (κ3) is 2.70. The second-order valence-corrected chi connectivity index (χ2v) is 7.66. The zero-order valence-electron chi connectivity index (χ0n) is 8.90. The van der Waals surface area contributed by atoms with Crippen LogP contribution < -0.4 is 4.72 Å². The molecule has 0 radical (unpaired) electrons. The van der Waals surface area contributed by atoms with Gasteiger partial charge in [0.2, 0.25) is 0 Å². The molecule has 0 amide bonds. The Morgan fingerprint density at radius 1 is 1.53 bits per heavy atom. The minimum atomic E-state index is -3.53. The van der Waals surface area contributed by atoms with E-state index in [0.717, 1.165) is 20.7 Å². The number of halogens is 1. The molecule has 2 N–H and O–H groups in total. The van der Waals surface area contributed by atoms with E-state index in [1.165, 1.54) is 0 Å². The first kappa shape index (κ1) is 12.6. The van der Waals surface area contributed by atoms with Crippen molar-refractivity contribution in [3.05, 3.63) is 27.7 Å². The molecule has 0 aliphatic heterocycles. The second kappa shape index (κ2) is 4.79. The SMILES string of the molecule is CCc1cn[nH]c1NS(=O)(=O)c1ccc(Br)s1. The number of nitrogens with zero attached hydrogens (tertiary/aromatic N) is 1. The van der Waals surface area contributed by atoms with Gasteiger partial charge in [-0.05, 0) is 34.5 Å². The lowest BCUT2D eigenvalue weighted by Gasteiger charge is -2.05. The van der Waals surface area contributed by atoms with Gasteiger partial charge in [0.25, 0.3) is 10.0 Å². The molecule has 5 nitrogen and oxygen atoms in total. The Kier molecular flexibility index (Phi) is 3.55. The van der Waals surface area contributed by atoms with E-state index in [4.69, 9.17) is 0 Å². The van der Waals surface area contributed by atoms with Crippen molar-refractivity contribution < 1.29 is 8.42 Å². The average molecular weight is 336 g/mol. The normalized spacial score (nSPS) is 11.6. The highest BCUT2D eigenvalue weighted by Gasteiger charge is 2.18. The maximum Gasteiger partial charge on any atom is 0.272 e. The molecule has 0 aromatic carbocycles. The molecule has 0 unspecified atom stereocenters. The molecule has 2 aromatic rings. The van der Waals surface area contributed by atoms with Gasteiger partial charge in [0.15, 0.2) is 0 Å². The lowest BCUT2D eigenvalue weighted by molar-refractivity contribution is 0.603. The third-order valence-electron chi connectivity index (χ3n) is 2.15. The van der Waals surface area contributed by atoms with Gasteiger partial charge in [-0.25, -0.2) is 8.42 Å². The first-order chi connectivity index (χ1) is 8.03. The monoisotopic (exact) mass is 335 g/mol. The van der Waals surface area contributed by atoms with Crippen LogP contribution in [0.1, 0.15) is 12.5 Å². The molecule has 0 saturated carbocycles. The Bertz CT molecular complexity index is 618. The van der Waals surface area contributed by atoms with Gasteiger partial charge in [0.1, 0.15) is 10.0 Å². The van der Waals surface area contributed by atoms with Gasteiger partial charge in [-0.15, -0.1) is 11.3 Å². The molecule has 17 heavy (non-hydrogen) atoms. The van der Waals surface area contributed by atoms with Crippen LogP contribution in [0.2, 0.25) is 0 Å². The zero-order valence-corrected chi connectivity index (χ0v) is 12.1. The lowest BCUT2D eigenvalue weighted by Crippen LogP contribution is -2.12. The van der Waals surface area contributed by atoms with E-state index in [1.54, 1.807) is 18.3 Å². The number of rotatable bonds is 4. The largest absolute Gasteiger partial charge is 0.272 e. The smallest absolute Gasteiger partial charge is 0.263 e. The molecule has 2 heterocycles. The third-order valence-corrected chi connectivity index (χ3v) is 5.61. The van der Waals surface area contributed by atoms with Crippen molar-refractivity contribution in [1.82, 2.24) is 10.2 Å². The summed E-state index contributed by atoms with van der Waals surface area (Å²) in [4.78, 5) is 0. The number of thiophene rings is 1. The summed E-state index contributed by atoms with van der Waals surface area (Å²) in [6.45, 7) is 1.93. The number of nitrogens with one attached hydrogen (secondary N) is 2. The molecular formula is C9H10BrN3O2S2. The topological polar surface area (TPSA) is 74.8 Å². The van der Waals surface area contributed by atoms with Gasteiger partial charge in [-0.2, -0.15) is 5.10 Å². The predicted molar refractivity (Wildman–Crippen MR) is 70.8 cm³/mol. The maximum atomic E-state index is 12.0. The predicted octanol–water partition coefficient (Wildman–Crippen LogP) is 2.60. The van der Waals surface area contributed by atoms with Crippen molar-refractivity contribution in [1.29, 1.82) is 0 Å². The molecule has 0 bridgehead atoms. The number of aryl methyl sites for hydroxylation is 1. The maximum absolute atomic E-state index is 12.0. The average Bonchev–Trinajstić information content (AvgIpc) is 2.86. The van der Waals surface area contributed by atoms with Gasteiger partial charge in [-0.1, -0.05) is 6.92 Å². The summed E-state index contributed by atoms with van der Waals surface area (Å²) in [5, 5.41) is 6.46. The summed E-state index contributed by atoms with van der Waals surface area (Å²) >= 11 is 4.40. The fourth-order valence-electron chi connectivity index (χ4n) is 1.29. The van der Waals surface area contributed by atoms with Gasteiger partial charge in [0, 0.05) is 5.56 Å². The van der Waals surface area contributed by atoms with Crippen LogP contribution in [0.25, 0.3) is 0 Å². The summed E-state index contributed by atoms with van der Waals surface area (Å²) in [5.74, 6) is 0.428. The molecule has 0 atom stereocenters. The number of H-pyrrole nitrogens is 1. The lowest BCUT2D eigenvalue weighted by atomic mass is 10.3. The Morgan fingerprint density at radius 3 is 2.88 bits per heavy atom. The van der Waals surface area contributed by atoms with E-state index in [0.29, 0.717) is 12.2 Å². The van der Waals surface area contributed by atoms with Crippen molar-refractivity contribution in [2.75, 3.05) is 4.72 Å². The Morgan fingerprint density at radius 2 is 2.29 bits per heavy atom. The quantitative estimate of drug-likeness (QED) is 0.901. The van der Waals surface area contributed by atoms with Gasteiger partial charge in [-0.3, -0.25) is 9.82 Å². The van der Waals surface area contributed by atoms with Crippen LogP contribution in [-0.2, 0) is 16.4 Å². The zero-order chi connectivity index (χ0) is 12.5. The minimum Gasteiger partial charge on any atom is -0.263 e. The molecule has 92 valence electrons. The molecule has 0 spiro atoms. The molecule has 2 rings (SSSR count). The number of aromatic nitrogens is 2. The Balaban J connectivity index is 2.29. The van der Waals surface area contributed by atoms with Crippen molar-refractivity contribution >= 4 is 43.1 Å². The van der Waals surface area contributed by atoms with Crippen LogP contribution in [0.3, 0.4) is 0 Å². The minimum absolute atomic E-state index is 0.265. The summed E-state index contributed by atoms with van der Waals surface area (Å²) in [6, 6.07) is 3.26. The molecule has 0 fully saturated rings. The number of hydrogen-bond donors (Lipinski definition) is 2. The molecular weight excluding hydrogens is 326 g/mol. The highest BCUT2D eigenvalue weighted by molar-refractivity contribution is 9.11. The number of sulfonamides is 1. The van der Waals surface area contributed by atoms with E-state index in [2.05, 4.69) is 30.8 Å². The summed E-state index contributed by atoms with van der Waals surface area (Å²) in [6.07, 6.45) is 2.32. The van der Waals surface area contributed by atoms with Crippen LogP contribution in [0.4, 0.5) is 5.82 Å². The van der Waals surface area contributed by atoms with Gasteiger partial charge >= 0.3 is 0 Å². The first-order valence-corrected chi connectivity index (χ1v) is 7.92. The van der Waals surface area contributed by atoms with Crippen LogP contribution in [-0.4, -0.2) is 18.6 Å². The standard InChI is InChI=1S/C9H10BrN3O2S2/c1-2-6-5-11-12-9(6)13-17(14,15)8-4-3-7(10)16-8/h3-5H,2H2,1H3,(H2,11,12,13). The number of anilines is 1. The highest BCUT2D eigenvalue weighted by Crippen LogP contribution is 2.27. The molecule has 0 aliphatic rings. The van der Waals surface area contributed by atoms with E-state index in [1.807, 2.05) is 6.92 Å². The fourth-order valence-corrected chi connectivity index (χ4v) is 4.36. The highest BCUT2D eigenvalue weighted by atomic mass is 79.9. The van der Waals surface area contributed by atoms with Crippen LogP contribution in [0.5, 0.6) is 0 Å². The van der Waals surface area contributed by atoms with Crippen molar-refractivity contribution in [3.63, 3.8) is 0 Å². The number of hydrogen-bond acceptors (Lipinski definition) is 4. The van der Waals surface area contributed by atoms with E-state index >= 15 is 0 Å². The van der Waals surface area contributed by atoms with E-state index < -0.39 is 10.0 Å². The first-order valence-electron chi connectivity index (χ1n) is 4.83. The number of aromatic amines is 1. The second-order valence-electron chi connectivity index (χ2n) is 3.29. The van der Waals surface area contributed by atoms with Gasteiger partial charge in [0.05, 0.1) is 9.98 Å². The molecule has 8 heteroatoms. The fraction of sp³-hybridized carbons (Fsp3) is 0.222. The summed E-state index contributed by atoms with van der Waals surface area (Å²) < 4.78 is 27.6. The van der Waals surface area contributed by atoms with Crippen LogP contribution in [0, 0.1) is 0 Å². The Labute approximate surface area is 111 Å². The van der Waals surface area contributed by atoms with Crippen molar-refractivity contribution in [2.45, 2.75) is 17.6 Å². The summed E-state index contributed by atoms with van der Waals surface area (Å²) in [7, 11) is -3.53. The Hall–Kier alpha value is -0.860. The van der Waals surface area contributed by atoms with Crippen LogP contribution in [0.15, 0.2) is 26.3 Å². The molecule has 0 saturated heterocycles. The van der Waals surface area contributed by atoms with Gasteiger partial charge < -0.3 is 0 Å². The molecule has 0 aliphatic carbocycles. The molecule has 2 aromatic heterocycles. The van der Waals surface area contributed by atoms with E-state index in [-0.39, 0.29) is 4.21 Å². The van der Waals surface area contributed by atoms with E-state index in [9.17, 15) is 8.42 Å². The van der Waals surface area contributed by atoms with Crippen molar-refractivity contribution in [3.8, 4) is 0 Å².